The SMILES string of the molecule is COC(=O)Cc1nc(C)cc(C(C)C)n1. The molecular weight excluding hydrogens is 192 g/mol. The van der Waals surface area contributed by atoms with Gasteiger partial charge in [0, 0.05) is 11.4 Å². The average Bonchev–Trinajstić information content (AvgIpc) is 2.16. The lowest BCUT2D eigenvalue weighted by atomic mass is 10.1. The summed E-state index contributed by atoms with van der Waals surface area (Å²) in [6.07, 6.45) is 0.137. The van der Waals surface area contributed by atoms with Crippen molar-refractivity contribution in [1.29, 1.82) is 0 Å². The van der Waals surface area contributed by atoms with E-state index in [4.69, 9.17) is 0 Å². The van der Waals surface area contributed by atoms with Crippen molar-refractivity contribution in [2.75, 3.05) is 7.11 Å². The van der Waals surface area contributed by atoms with Crippen LogP contribution < -0.4 is 0 Å². The number of ether oxygens (including phenoxy) is 1. The summed E-state index contributed by atoms with van der Waals surface area (Å²) in [6, 6.07) is 1.94. The average molecular weight is 208 g/mol. The molecule has 0 aliphatic heterocycles. The molecule has 0 radical (unpaired) electrons. The minimum Gasteiger partial charge on any atom is -0.469 e. The Hall–Kier alpha value is -1.45. The van der Waals surface area contributed by atoms with Gasteiger partial charge in [0.2, 0.25) is 0 Å². The predicted molar refractivity (Wildman–Crippen MR) is 56.6 cm³/mol. The van der Waals surface area contributed by atoms with Gasteiger partial charge in [0.1, 0.15) is 12.2 Å². The lowest BCUT2D eigenvalue weighted by Crippen LogP contribution is -2.10. The van der Waals surface area contributed by atoms with Gasteiger partial charge in [-0.05, 0) is 18.9 Å². The number of hydrogen-bond donors (Lipinski definition) is 0. The Kier molecular flexibility index (Phi) is 3.77. The van der Waals surface area contributed by atoms with Gasteiger partial charge in [-0.3, -0.25) is 4.79 Å². The summed E-state index contributed by atoms with van der Waals surface area (Å²) in [7, 11) is 1.36. The predicted octanol–water partition coefficient (Wildman–Crippen LogP) is 1.62. The van der Waals surface area contributed by atoms with E-state index >= 15 is 0 Å². The largest absolute Gasteiger partial charge is 0.469 e. The summed E-state index contributed by atoms with van der Waals surface area (Å²) in [5.74, 6) is 0.559. The highest BCUT2D eigenvalue weighted by Gasteiger charge is 2.09. The molecule has 4 nitrogen and oxygen atoms in total. The third kappa shape index (κ3) is 3.31. The quantitative estimate of drug-likeness (QED) is 0.708. The molecule has 1 heterocycles. The van der Waals surface area contributed by atoms with Crippen molar-refractivity contribution >= 4 is 5.97 Å². The van der Waals surface area contributed by atoms with Crippen LogP contribution in [0.1, 0.15) is 37.0 Å². The van der Waals surface area contributed by atoms with Gasteiger partial charge in [0.15, 0.2) is 0 Å². The third-order valence-electron chi connectivity index (χ3n) is 2.04. The first-order chi connectivity index (χ1) is 7.02. The van der Waals surface area contributed by atoms with E-state index in [1.54, 1.807) is 0 Å². The number of aryl methyl sites for hydroxylation is 1. The van der Waals surface area contributed by atoms with Crippen molar-refractivity contribution in [3.8, 4) is 0 Å². The highest BCUT2D eigenvalue weighted by molar-refractivity contribution is 5.71. The maximum Gasteiger partial charge on any atom is 0.313 e. The van der Waals surface area contributed by atoms with E-state index < -0.39 is 0 Å². The van der Waals surface area contributed by atoms with Crippen LogP contribution in [0.5, 0.6) is 0 Å². The Balaban J connectivity index is 2.93. The lowest BCUT2D eigenvalue weighted by molar-refractivity contribution is -0.139. The van der Waals surface area contributed by atoms with Crippen molar-refractivity contribution < 1.29 is 9.53 Å². The highest BCUT2D eigenvalue weighted by Crippen LogP contribution is 2.12. The van der Waals surface area contributed by atoms with Gasteiger partial charge in [-0.15, -0.1) is 0 Å². The van der Waals surface area contributed by atoms with Gasteiger partial charge >= 0.3 is 5.97 Å². The van der Waals surface area contributed by atoms with E-state index in [9.17, 15) is 4.79 Å². The van der Waals surface area contributed by atoms with Gasteiger partial charge in [0.25, 0.3) is 0 Å². The van der Waals surface area contributed by atoms with Crippen molar-refractivity contribution in [2.45, 2.75) is 33.1 Å². The Bertz CT molecular complexity index is 362. The van der Waals surface area contributed by atoms with Crippen LogP contribution in [0.15, 0.2) is 6.07 Å². The monoisotopic (exact) mass is 208 g/mol. The number of esters is 1. The van der Waals surface area contributed by atoms with E-state index in [1.165, 1.54) is 7.11 Å². The number of methoxy groups -OCH3 is 1. The molecule has 0 saturated heterocycles. The van der Waals surface area contributed by atoms with Crippen LogP contribution in [0.4, 0.5) is 0 Å². The fourth-order valence-electron chi connectivity index (χ4n) is 1.23. The molecule has 0 aliphatic carbocycles. The summed E-state index contributed by atoms with van der Waals surface area (Å²) in [5.41, 5.74) is 1.84. The van der Waals surface area contributed by atoms with Gasteiger partial charge in [0.05, 0.1) is 7.11 Å². The summed E-state index contributed by atoms with van der Waals surface area (Å²) in [4.78, 5) is 19.6. The van der Waals surface area contributed by atoms with Crippen LogP contribution in [-0.2, 0) is 16.0 Å². The van der Waals surface area contributed by atoms with Crippen molar-refractivity contribution in [1.82, 2.24) is 9.97 Å². The molecule has 4 heteroatoms. The van der Waals surface area contributed by atoms with Gasteiger partial charge in [-0.2, -0.15) is 0 Å². The number of carbonyl (C=O) groups excluding carboxylic acids is 1. The molecule has 0 aromatic carbocycles. The molecule has 0 N–H and O–H groups in total. The van der Waals surface area contributed by atoms with Crippen LogP contribution in [0, 0.1) is 6.92 Å². The zero-order valence-corrected chi connectivity index (χ0v) is 9.57. The van der Waals surface area contributed by atoms with Crippen LogP contribution in [0.3, 0.4) is 0 Å². The van der Waals surface area contributed by atoms with Crippen LogP contribution in [0.25, 0.3) is 0 Å². The van der Waals surface area contributed by atoms with Gasteiger partial charge in [-0.25, -0.2) is 9.97 Å². The van der Waals surface area contributed by atoms with Crippen molar-refractivity contribution in [2.24, 2.45) is 0 Å². The number of rotatable bonds is 3. The molecule has 0 atom stereocenters. The standard InChI is InChI=1S/C11H16N2O2/c1-7(2)9-5-8(3)12-10(13-9)6-11(14)15-4/h5,7H,6H2,1-4H3. The topological polar surface area (TPSA) is 52.1 Å². The van der Waals surface area contributed by atoms with Crippen LogP contribution >= 0.6 is 0 Å². The number of aromatic nitrogens is 2. The van der Waals surface area contributed by atoms with Crippen molar-refractivity contribution in [3.05, 3.63) is 23.3 Å². The minimum absolute atomic E-state index is 0.137. The molecule has 15 heavy (non-hydrogen) atoms. The fourth-order valence-corrected chi connectivity index (χ4v) is 1.23. The molecule has 0 bridgehead atoms. The van der Waals surface area contributed by atoms with E-state index in [-0.39, 0.29) is 12.4 Å². The lowest BCUT2D eigenvalue weighted by Gasteiger charge is -2.07. The highest BCUT2D eigenvalue weighted by atomic mass is 16.5. The van der Waals surface area contributed by atoms with E-state index in [2.05, 4.69) is 28.6 Å². The fraction of sp³-hybridized carbons (Fsp3) is 0.545. The first-order valence-corrected chi connectivity index (χ1v) is 4.94. The second-order valence-corrected chi connectivity index (χ2v) is 3.76. The Morgan fingerprint density at radius 3 is 2.67 bits per heavy atom. The molecular formula is C11H16N2O2. The zero-order valence-electron chi connectivity index (χ0n) is 9.57. The molecule has 0 aliphatic rings. The van der Waals surface area contributed by atoms with Crippen LogP contribution in [-0.4, -0.2) is 23.0 Å². The molecule has 0 fully saturated rings. The third-order valence-corrected chi connectivity index (χ3v) is 2.04. The van der Waals surface area contributed by atoms with E-state index in [1.807, 2.05) is 13.0 Å². The maximum atomic E-state index is 11.1. The number of nitrogens with zero attached hydrogens (tertiary/aromatic N) is 2. The molecule has 82 valence electrons. The first-order valence-electron chi connectivity index (χ1n) is 4.94. The molecule has 1 rings (SSSR count). The Morgan fingerprint density at radius 2 is 2.13 bits per heavy atom. The second-order valence-electron chi connectivity index (χ2n) is 3.76. The molecule has 1 aromatic rings. The van der Waals surface area contributed by atoms with Gasteiger partial charge in [-0.1, -0.05) is 13.8 Å². The van der Waals surface area contributed by atoms with Crippen LogP contribution in [0.2, 0.25) is 0 Å². The summed E-state index contributed by atoms with van der Waals surface area (Å²) >= 11 is 0. The Morgan fingerprint density at radius 1 is 1.47 bits per heavy atom. The summed E-state index contributed by atoms with van der Waals surface area (Å²) in [5, 5.41) is 0. The number of hydrogen-bond acceptors (Lipinski definition) is 4. The number of carbonyl (C=O) groups is 1. The molecule has 0 unspecified atom stereocenters. The minimum atomic E-state index is -0.310. The zero-order chi connectivity index (χ0) is 11.4. The first kappa shape index (κ1) is 11.6. The molecule has 0 spiro atoms. The molecule has 0 saturated carbocycles. The second kappa shape index (κ2) is 4.87. The van der Waals surface area contributed by atoms with E-state index in [0.29, 0.717) is 11.7 Å². The Labute approximate surface area is 89.7 Å². The smallest absolute Gasteiger partial charge is 0.313 e. The molecule has 1 aromatic heterocycles. The van der Waals surface area contributed by atoms with Crippen molar-refractivity contribution in [3.63, 3.8) is 0 Å². The van der Waals surface area contributed by atoms with E-state index in [0.717, 1.165) is 11.4 Å². The normalized spacial score (nSPS) is 10.5. The summed E-state index contributed by atoms with van der Waals surface area (Å²) < 4.78 is 4.58. The maximum absolute atomic E-state index is 11.1. The van der Waals surface area contributed by atoms with Gasteiger partial charge < -0.3 is 4.74 Å². The summed E-state index contributed by atoms with van der Waals surface area (Å²) in [6.45, 7) is 6.02. The molecule has 0 amide bonds.